The lowest BCUT2D eigenvalue weighted by atomic mass is 9.92. The molecule has 2 aliphatic rings. The van der Waals surface area contributed by atoms with Crippen molar-refractivity contribution in [3.8, 4) is 0 Å². The van der Waals surface area contributed by atoms with Gasteiger partial charge in [0.15, 0.2) is 0 Å². The van der Waals surface area contributed by atoms with E-state index >= 15 is 0 Å². The monoisotopic (exact) mass is 167 g/mol. The summed E-state index contributed by atoms with van der Waals surface area (Å²) in [6.45, 7) is 7.51. The minimum absolute atomic E-state index is 0.878. The molecule has 0 bridgehead atoms. The van der Waals surface area contributed by atoms with Gasteiger partial charge in [-0.05, 0) is 31.6 Å². The molecule has 12 heavy (non-hydrogen) atoms. The average molecular weight is 167 g/mol. The first-order valence-corrected chi connectivity index (χ1v) is 5.51. The first kappa shape index (κ1) is 8.55. The lowest BCUT2D eigenvalue weighted by Gasteiger charge is -2.44. The zero-order valence-corrected chi connectivity index (χ0v) is 8.42. The predicted molar refractivity (Wildman–Crippen MR) is 52.2 cm³/mol. The minimum atomic E-state index is 0.878. The zero-order chi connectivity index (χ0) is 8.55. The zero-order valence-electron chi connectivity index (χ0n) is 8.42. The largest absolute Gasteiger partial charge is 0.300 e. The van der Waals surface area contributed by atoms with Crippen molar-refractivity contribution in [2.45, 2.75) is 45.6 Å². The summed E-state index contributed by atoms with van der Waals surface area (Å²) in [6, 6.07) is 0.878. The highest BCUT2D eigenvalue weighted by Crippen LogP contribution is 2.32. The smallest absolute Gasteiger partial charge is 0.00954 e. The summed E-state index contributed by atoms with van der Waals surface area (Å²) in [7, 11) is 0. The quantitative estimate of drug-likeness (QED) is 0.611. The van der Waals surface area contributed by atoms with Crippen LogP contribution in [-0.4, -0.2) is 24.0 Å². The number of nitrogens with zero attached hydrogens (tertiary/aromatic N) is 1. The molecule has 70 valence electrons. The van der Waals surface area contributed by atoms with Crippen LogP contribution in [-0.2, 0) is 0 Å². The molecule has 1 saturated carbocycles. The maximum atomic E-state index is 2.67. The molecule has 1 atom stereocenters. The molecule has 0 aromatic carbocycles. The van der Waals surface area contributed by atoms with Gasteiger partial charge in [0.1, 0.15) is 0 Å². The second kappa shape index (κ2) is 3.37. The van der Waals surface area contributed by atoms with E-state index in [1.54, 1.807) is 0 Å². The molecule has 0 aromatic rings. The molecule has 1 saturated heterocycles. The molecule has 0 radical (unpaired) electrons. The molecule has 1 unspecified atom stereocenters. The van der Waals surface area contributed by atoms with Crippen molar-refractivity contribution in [1.29, 1.82) is 0 Å². The van der Waals surface area contributed by atoms with Gasteiger partial charge in [-0.25, -0.2) is 0 Å². The fraction of sp³-hybridized carbons (Fsp3) is 1.00. The number of hydrogen-bond acceptors (Lipinski definition) is 1. The Labute approximate surface area is 76.1 Å². The molecule has 2 rings (SSSR count). The van der Waals surface area contributed by atoms with Crippen LogP contribution in [0.1, 0.15) is 39.5 Å². The van der Waals surface area contributed by atoms with Crippen molar-refractivity contribution in [3.05, 3.63) is 0 Å². The normalized spacial score (nSPS) is 30.5. The van der Waals surface area contributed by atoms with Gasteiger partial charge < -0.3 is 0 Å². The van der Waals surface area contributed by atoms with Crippen LogP contribution in [0.25, 0.3) is 0 Å². The summed E-state index contributed by atoms with van der Waals surface area (Å²) < 4.78 is 0. The highest BCUT2D eigenvalue weighted by Gasteiger charge is 2.32. The van der Waals surface area contributed by atoms with Crippen molar-refractivity contribution < 1.29 is 0 Å². The van der Waals surface area contributed by atoms with E-state index in [0.29, 0.717) is 0 Å². The Hall–Kier alpha value is -0.0400. The number of rotatable bonds is 2. The topological polar surface area (TPSA) is 3.24 Å². The predicted octanol–water partition coefficient (Wildman–Crippen LogP) is 2.52. The van der Waals surface area contributed by atoms with E-state index in [4.69, 9.17) is 0 Å². The van der Waals surface area contributed by atoms with Crippen molar-refractivity contribution in [1.82, 2.24) is 4.90 Å². The van der Waals surface area contributed by atoms with Gasteiger partial charge in [0, 0.05) is 19.1 Å². The van der Waals surface area contributed by atoms with Crippen LogP contribution in [0, 0.1) is 11.8 Å². The lowest BCUT2D eigenvalue weighted by Crippen LogP contribution is -2.51. The Balaban J connectivity index is 1.79. The Bertz CT molecular complexity index is 143. The van der Waals surface area contributed by atoms with Gasteiger partial charge >= 0.3 is 0 Å². The van der Waals surface area contributed by atoms with Gasteiger partial charge in [-0.2, -0.15) is 0 Å². The summed E-state index contributed by atoms with van der Waals surface area (Å²) in [4.78, 5) is 2.67. The summed E-state index contributed by atoms with van der Waals surface area (Å²) in [5.41, 5.74) is 0. The molecule has 1 aliphatic carbocycles. The van der Waals surface area contributed by atoms with E-state index in [1.165, 1.54) is 38.8 Å². The molecule has 1 heteroatoms. The third-order valence-electron chi connectivity index (χ3n) is 3.75. The molecule has 1 nitrogen and oxygen atoms in total. The first-order chi connectivity index (χ1) is 5.77. The van der Waals surface area contributed by atoms with Gasteiger partial charge in [0.25, 0.3) is 0 Å². The Morgan fingerprint density at radius 1 is 1.17 bits per heavy atom. The van der Waals surface area contributed by atoms with Gasteiger partial charge in [-0.15, -0.1) is 0 Å². The molecule has 1 heterocycles. The van der Waals surface area contributed by atoms with Crippen LogP contribution in [0.2, 0.25) is 0 Å². The van der Waals surface area contributed by atoms with Crippen molar-refractivity contribution in [2.75, 3.05) is 13.1 Å². The standard InChI is InChI=1S/C11H21N/c1-9-7-12(8-9)10(2)11-5-3-4-6-11/h9-11H,3-8H2,1-2H3. The fourth-order valence-corrected chi connectivity index (χ4v) is 2.82. The maximum absolute atomic E-state index is 2.67. The number of hydrogen-bond donors (Lipinski definition) is 0. The molecule has 0 amide bonds. The van der Waals surface area contributed by atoms with Crippen LogP contribution in [0.4, 0.5) is 0 Å². The lowest BCUT2D eigenvalue weighted by molar-refractivity contribution is 0.0429. The van der Waals surface area contributed by atoms with E-state index in [2.05, 4.69) is 18.7 Å². The molecule has 0 N–H and O–H groups in total. The van der Waals surface area contributed by atoms with Gasteiger partial charge in [-0.1, -0.05) is 19.8 Å². The van der Waals surface area contributed by atoms with Crippen molar-refractivity contribution in [3.63, 3.8) is 0 Å². The van der Waals surface area contributed by atoms with E-state index in [9.17, 15) is 0 Å². The SMILES string of the molecule is CC1CN(C(C)C2CCCC2)C1. The maximum Gasteiger partial charge on any atom is 0.00954 e. The van der Waals surface area contributed by atoms with E-state index in [1.807, 2.05) is 0 Å². The van der Waals surface area contributed by atoms with Crippen LogP contribution in [0.15, 0.2) is 0 Å². The summed E-state index contributed by atoms with van der Waals surface area (Å²) in [6.07, 6.45) is 5.95. The molecular formula is C11H21N. The summed E-state index contributed by atoms with van der Waals surface area (Å²) in [5, 5.41) is 0. The second-order valence-electron chi connectivity index (χ2n) is 4.84. The van der Waals surface area contributed by atoms with Crippen LogP contribution in [0.5, 0.6) is 0 Å². The fourth-order valence-electron chi connectivity index (χ4n) is 2.82. The van der Waals surface area contributed by atoms with E-state index < -0.39 is 0 Å². The Morgan fingerprint density at radius 3 is 2.25 bits per heavy atom. The third-order valence-corrected chi connectivity index (χ3v) is 3.75. The summed E-state index contributed by atoms with van der Waals surface area (Å²) >= 11 is 0. The Morgan fingerprint density at radius 2 is 1.75 bits per heavy atom. The summed E-state index contributed by atoms with van der Waals surface area (Å²) in [5.74, 6) is 1.99. The van der Waals surface area contributed by atoms with Crippen LogP contribution >= 0.6 is 0 Å². The van der Waals surface area contributed by atoms with Crippen LogP contribution in [0.3, 0.4) is 0 Å². The van der Waals surface area contributed by atoms with Crippen molar-refractivity contribution >= 4 is 0 Å². The van der Waals surface area contributed by atoms with Gasteiger partial charge in [-0.3, -0.25) is 4.90 Å². The minimum Gasteiger partial charge on any atom is -0.300 e. The van der Waals surface area contributed by atoms with Crippen LogP contribution < -0.4 is 0 Å². The van der Waals surface area contributed by atoms with Crippen molar-refractivity contribution in [2.24, 2.45) is 11.8 Å². The molecule has 1 aliphatic heterocycles. The average Bonchev–Trinajstić information content (AvgIpc) is 2.49. The van der Waals surface area contributed by atoms with Gasteiger partial charge in [0.2, 0.25) is 0 Å². The molecular weight excluding hydrogens is 146 g/mol. The van der Waals surface area contributed by atoms with E-state index in [-0.39, 0.29) is 0 Å². The third kappa shape index (κ3) is 1.52. The molecule has 2 fully saturated rings. The number of likely N-dealkylation sites (tertiary alicyclic amines) is 1. The Kier molecular flexibility index (Phi) is 2.40. The van der Waals surface area contributed by atoms with Gasteiger partial charge in [0.05, 0.1) is 0 Å². The van der Waals surface area contributed by atoms with E-state index in [0.717, 1.165) is 17.9 Å². The highest BCUT2D eigenvalue weighted by molar-refractivity contribution is 4.86. The second-order valence-corrected chi connectivity index (χ2v) is 4.84. The first-order valence-electron chi connectivity index (χ1n) is 5.51. The molecule has 0 aromatic heterocycles. The highest BCUT2D eigenvalue weighted by atomic mass is 15.2. The molecule has 0 spiro atoms.